The fourth-order valence-electron chi connectivity index (χ4n) is 0.818. The molecule has 0 fully saturated rings. The van der Waals surface area contributed by atoms with Crippen molar-refractivity contribution in [1.29, 1.82) is 5.26 Å². The first kappa shape index (κ1) is 11.7. The first-order chi connectivity index (χ1) is 6.16. The lowest BCUT2D eigenvalue weighted by atomic mass is 10.1. The molecule has 0 bridgehead atoms. The van der Waals surface area contributed by atoms with Gasteiger partial charge >= 0.3 is 5.97 Å². The van der Waals surface area contributed by atoms with Crippen molar-refractivity contribution in [1.82, 2.24) is 0 Å². The summed E-state index contributed by atoms with van der Waals surface area (Å²) in [7, 11) is 0. The average molecular weight is 181 g/mol. The van der Waals surface area contributed by atoms with E-state index < -0.39 is 5.97 Å². The molecule has 0 radical (unpaired) electrons. The Bertz CT molecular complexity index is 213. The first-order valence-corrected chi connectivity index (χ1v) is 4.39. The smallest absolute Gasteiger partial charge is 0.331 e. The maximum absolute atomic E-state index is 10.8. The molecule has 0 aliphatic rings. The monoisotopic (exact) mass is 181 g/mol. The van der Waals surface area contributed by atoms with Crippen molar-refractivity contribution < 1.29 is 9.53 Å². The highest BCUT2D eigenvalue weighted by molar-refractivity contribution is 5.82. The second kappa shape index (κ2) is 7.35. The highest BCUT2D eigenvalue weighted by Gasteiger charge is 1.97. The molecule has 0 N–H and O–H groups in total. The normalized spacial score (nSPS) is 10.3. The summed E-state index contributed by atoms with van der Waals surface area (Å²) in [5.41, 5.74) is 0. The molecule has 13 heavy (non-hydrogen) atoms. The molecule has 0 aromatic rings. The Morgan fingerprint density at radius 2 is 2.31 bits per heavy atom. The molecule has 0 heterocycles. The van der Waals surface area contributed by atoms with Crippen molar-refractivity contribution in [3.8, 4) is 6.07 Å². The molecule has 0 spiro atoms. The summed E-state index contributed by atoms with van der Waals surface area (Å²) in [5, 5.41) is 8.11. The summed E-state index contributed by atoms with van der Waals surface area (Å²) in [5.74, 6) is 0.193. The molecular weight excluding hydrogens is 166 g/mol. The van der Waals surface area contributed by atoms with Crippen LogP contribution >= 0.6 is 0 Å². The molecule has 0 aromatic carbocycles. The van der Waals surface area contributed by atoms with E-state index in [1.54, 1.807) is 6.07 Å². The SMILES string of the molecule is CC(C)CCCOC(=O)C=CC#N. The maximum Gasteiger partial charge on any atom is 0.331 e. The summed E-state index contributed by atoms with van der Waals surface area (Å²) in [4.78, 5) is 10.8. The average Bonchev–Trinajstić information content (AvgIpc) is 2.08. The number of nitriles is 1. The maximum atomic E-state index is 10.8. The molecule has 0 aromatic heterocycles. The summed E-state index contributed by atoms with van der Waals surface area (Å²) in [6, 6.07) is 1.73. The van der Waals surface area contributed by atoms with E-state index in [4.69, 9.17) is 10.00 Å². The second-order valence-corrected chi connectivity index (χ2v) is 3.17. The van der Waals surface area contributed by atoms with Gasteiger partial charge in [0.15, 0.2) is 0 Å². The molecule has 72 valence electrons. The van der Waals surface area contributed by atoms with Gasteiger partial charge in [0.25, 0.3) is 0 Å². The van der Waals surface area contributed by atoms with Crippen LogP contribution in [-0.2, 0) is 9.53 Å². The van der Waals surface area contributed by atoms with Gasteiger partial charge in [0.1, 0.15) is 0 Å². The van der Waals surface area contributed by atoms with Gasteiger partial charge in [-0.3, -0.25) is 0 Å². The van der Waals surface area contributed by atoms with Crippen LogP contribution < -0.4 is 0 Å². The van der Waals surface area contributed by atoms with Gasteiger partial charge in [-0.2, -0.15) is 5.26 Å². The van der Waals surface area contributed by atoms with Crippen LogP contribution in [0.3, 0.4) is 0 Å². The molecule has 0 aliphatic carbocycles. The predicted molar refractivity (Wildman–Crippen MR) is 49.8 cm³/mol. The van der Waals surface area contributed by atoms with E-state index in [-0.39, 0.29) is 0 Å². The highest BCUT2D eigenvalue weighted by Crippen LogP contribution is 2.03. The molecule has 0 rings (SSSR count). The highest BCUT2D eigenvalue weighted by atomic mass is 16.5. The largest absolute Gasteiger partial charge is 0.463 e. The Labute approximate surface area is 79.0 Å². The number of hydrogen-bond donors (Lipinski definition) is 0. The van der Waals surface area contributed by atoms with Crippen molar-refractivity contribution in [3.05, 3.63) is 12.2 Å². The van der Waals surface area contributed by atoms with Gasteiger partial charge in [0.2, 0.25) is 0 Å². The van der Waals surface area contributed by atoms with E-state index >= 15 is 0 Å². The number of carbonyl (C=O) groups is 1. The summed E-state index contributed by atoms with van der Waals surface area (Å²) < 4.78 is 4.82. The van der Waals surface area contributed by atoms with Crippen molar-refractivity contribution in [2.45, 2.75) is 26.7 Å². The van der Waals surface area contributed by atoms with Gasteiger partial charge in [0, 0.05) is 12.2 Å². The van der Waals surface area contributed by atoms with Crippen LogP contribution in [-0.4, -0.2) is 12.6 Å². The van der Waals surface area contributed by atoms with Crippen molar-refractivity contribution >= 4 is 5.97 Å². The Balaban J connectivity index is 3.39. The van der Waals surface area contributed by atoms with Gasteiger partial charge in [0.05, 0.1) is 12.7 Å². The van der Waals surface area contributed by atoms with E-state index in [0.29, 0.717) is 12.5 Å². The third-order valence-corrected chi connectivity index (χ3v) is 1.46. The molecule has 0 unspecified atom stereocenters. The van der Waals surface area contributed by atoms with Gasteiger partial charge < -0.3 is 4.74 Å². The van der Waals surface area contributed by atoms with Crippen LogP contribution in [0.1, 0.15) is 26.7 Å². The van der Waals surface area contributed by atoms with Crippen LogP contribution in [0.5, 0.6) is 0 Å². The van der Waals surface area contributed by atoms with Crippen LogP contribution in [0.25, 0.3) is 0 Å². The number of carbonyl (C=O) groups excluding carboxylic acids is 1. The van der Waals surface area contributed by atoms with Crippen LogP contribution in [0, 0.1) is 17.2 Å². The molecule has 3 nitrogen and oxygen atoms in total. The first-order valence-electron chi connectivity index (χ1n) is 4.39. The number of esters is 1. The van der Waals surface area contributed by atoms with E-state index in [2.05, 4.69) is 13.8 Å². The Morgan fingerprint density at radius 1 is 1.62 bits per heavy atom. The molecule has 0 saturated heterocycles. The lowest BCUT2D eigenvalue weighted by Gasteiger charge is -2.03. The van der Waals surface area contributed by atoms with E-state index in [1.165, 1.54) is 0 Å². The number of rotatable bonds is 5. The van der Waals surface area contributed by atoms with E-state index in [1.807, 2.05) is 0 Å². The van der Waals surface area contributed by atoms with E-state index in [0.717, 1.165) is 25.0 Å². The minimum Gasteiger partial charge on any atom is -0.463 e. The standard InChI is InChI=1S/C10H15NO2/c1-9(2)5-4-8-13-10(12)6-3-7-11/h3,6,9H,4-5,8H2,1-2H3. The zero-order chi connectivity index (χ0) is 10.1. The van der Waals surface area contributed by atoms with Gasteiger partial charge in [-0.1, -0.05) is 13.8 Å². The van der Waals surface area contributed by atoms with Crippen LogP contribution in [0.2, 0.25) is 0 Å². The Kier molecular flexibility index (Phi) is 6.62. The summed E-state index contributed by atoms with van der Waals surface area (Å²) in [6.07, 6.45) is 4.18. The van der Waals surface area contributed by atoms with Gasteiger partial charge in [-0.15, -0.1) is 0 Å². The molecule has 0 aliphatic heterocycles. The minimum atomic E-state index is -0.440. The van der Waals surface area contributed by atoms with Crippen molar-refractivity contribution in [2.24, 2.45) is 5.92 Å². The molecule has 3 heteroatoms. The zero-order valence-corrected chi connectivity index (χ0v) is 8.12. The lowest BCUT2D eigenvalue weighted by Crippen LogP contribution is -2.03. The van der Waals surface area contributed by atoms with Crippen LogP contribution in [0.15, 0.2) is 12.2 Å². The predicted octanol–water partition coefficient (Wildman–Crippen LogP) is 2.05. The Morgan fingerprint density at radius 3 is 2.85 bits per heavy atom. The number of hydrogen-bond acceptors (Lipinski definition) is 3. The topological polar surface area (TPSA) is 50.1 Å². The van der Waals surface area contributed by atoms with Crippen molar-refractivity contribution in [2.75, 3.05) is 6.61 Å². The van der Waals surface area contributed by atoms with Gasteiger partial charge in [-0.05, 0) is 18.8 Å². The quantitative estimate of drug-likeness (QED) is 0.282. The summed E-state index contributed by atoms with van der Waals surface area (Å²) >= 11 is 0. The second-order valence-electron chi connectivity index (χ2n) is 3.17. The molecule has 0 atom stereocenters. The third-order valence-electron chi connectivity index (χ3n) is 1.46. The number of allylic oxidation sites excluding steroid dienone is 1. The minimum absolute atomic E-state index is 0.437. The van der Waals surface area contributed by atoms with E-state index in [9.17, 15) is 4.79 Å². The lowest BCUT2D eigenvalue weighted by molar-refractivity contribution is -0.137. The molecular formula is C10H15NO2. The van der Waals surface area contributed by atoms with Crippen LogP contribution in [0.4, 0.5) is 0 Å². The number of nitrogens with zero attached hydrogens (tertiary/aromatic N) is 1. The fourth-order valence-corrected chi connectivity index (χ4v) is 0.818. The van der Waals surface area contributed by atoms with Crippen molar-refractivity contribution in [3.63, 3.8) is 0 Å². The van der Waals surface area contributed by atoms with Gasteiger partial charge in [-0.25, -0.2) is 4.79 Å². The zero-order valence-electron chi connectivity index (χ0n) is 8.12. The molecule has 0 amide bonds. The summed E-state index contributed by atoms with van der Waals surface area (Å²) in [6.45, 7) is 4.68. The third kappa shape index (κ3) is 8.61. The number of ether oxygens (including phenoxy) is 1. The molecule has 0 saturated carbocycles. The fraction of sp³-hybridized carbons (Fsp3) is 0.600. The Hall–Kier alpha value is -1.30.